The third-order valence-electron chi connectivity index (χ3n) is 2.75. The normalized spacial score (nSPS) is 10.3. The smallest absolute Gasteiger partial charge is 0.186 e. The Labute approximate surface area is 106 Å². The average molecular weight is 245 g/mol. The first kappa shape index (κ1) is 12.5. The van der Waals surface area contributed by atoms with Crippen molar-refractivity contribution < 1.29 is 4.39 Å². The molecule has 1 aromatic heterocycles. The Hall–Kier alpha value is -1.97. The van der Waals surface area contributed by atoms with E-state index in [1.54, 1.807) is 0 Å². The molecule has 0 fully saturated rings. The summed E-state index contributed by atoms with van der Waals surface area (Å²) < 4.78 is 13.8. The van der Waals surface area contributed by atoms with Gasteiger partial charge in [0.2, 0.25) is 0 Å². The lowest BCUT2D eigenvalue weighted by atomic mass is 10.1. The van der Waals surface area contributed by atoms with E-state index < -0.39 is 0 Å². The van der Waals surface area contributed by atoms with Gasteiger partial charge in [0.05, 0.1) is 5.69 Å². The highest BCUT2D eigenvalue weighted by atomic mass is 19.1. The zero-order chi connectivity index (χ0) is 12.8. The Balaban J connectivity index is 1.95. The van der Waals surface area contributed by atoms with Gasteiger partial charge in [0.25, 0.3) is 0 Å². The fourth-order valence-electron chi connectivity index (χ4n) is 1.75. The lowest BCUT2D eigenvalue weighted by molar-refractivity contribution is 0.596. The number of hydrogen-bond acceptors (Lipinski definition) is 3. The molecule has 2 aromatic rings. The van der Waals surface area contributed by atoms with Gasteiger partial charge in [0.15, 0.2) is 11.6 Å². The highest BCUT2D eigenvalue weighted by Crippen LogP contribution is 2.13. The first-order valence-corrected chi connectivity index (χ1v) is 6.08. The maximum Gasteiger partial charge on any atom is 0.186 e. The molecule has 0 spiro atoms. The van der Waals surface area contributed by atoms with Crippen LogP contribution in [0.5, 0.6) is 0 Å². The standard InChI is InChI=1S/C14H16FN3/c1-2-12-13(15)14(18-10-17-12)16-9-8-11-6-4-3-5-7-11/h3-7,10H,2,8-9H2,1H3,(H,16,17,18). The summed E-state index contributed by atoms with van der Waals surface area (Å²) in [5, 5.41) is 3.01. The van der Waals surface area contributed by atoms with E-state index in [0.717, 1.165) is 6.42 Å². The molecule has 0 unspecified atom stereocenters. The molecule has 1 N–H and O–H groups in total. The summed E-state index contributed by atoms with van der Waals surface area (Å²) in [6.45, 7) is 2.53. The van der Waals surface area contributed by atoms with Crippen molar-refractivity contribution in [2.75, 3.05) is 11.9 Å². The molecular weight excluding hydrogens is 229 g/mol. The second-order valence-electron chi connectivity index (χ2n) is 4.00. The molecule has 0 bridgehead atoms. The molecule has 2 rings (SSSR count). The van der Waals surface area contributed by atoms with Crippen molar-refractivity contribution >= 4 is 5.82 Å². The van der Waals surface area contributed by atoms with Gasteiger partial charge in [0, 0.05) is 6.54 Å². The van der Waals surface area contributed by atoms with Crippen molar-refractivity contribution in [2.45, 2.75) is 19.8 Å². The number of halogens is 1. The maximum atomic E-state index is 13.8. The fourth-order valence-corrected chi connectivity index (χ4v) is 1.75. The minimum absolute atomic E-state index is 0.290. The first-order valence-electron chi connectivity index (χ1n) is 6.08. The van der Waals surface area contributed by atoms with Crippen molar-refractivity contribution in [1.82, 2.24) is 9.97 Å². The van der Waals surface area contributed by atoms with Crippen molar-refractivity contribution in [3.63, 3.8) is 0 Å². The minimum Gasteiger partial charge on any atom is -0.367 e. The SMILES string of the molecule is CCc1ncnc(NCCc2ccccc2)c1F. The van der Waals surface area contributed by atoms with Gasteiger partial charge in [-0.25, -0.2) is 14.4 Å². The van der Waals surface area contributed by atoms with Gasteiger partial charge in [-0.1, -0.05) is 37.3 Å². The number of benzene rings is 1. The van der Waals surface area contributed by atoms with Gasteiger partial charge in [-0.3, -0.25) is 0 Å². The second kappa shape index (κ2) is 6.10. The summed E-state index contributed by atoms with van der Waals surface area (Å²) in [5.41, 5.74) is 1.67. The van der Waals surface area contributed by atoms with Crippen LogP contribution >= 0.6 is 0 Å². The highest BCUT2D eigenvalue weighted by molar-refractivity contribution is 5.37. The summed E-state index contributed by atoms with van der Waals surface area (Å²) >= 11 is 0. The largest absolute Gasteiger partial charge is 0.367 e. The van der Waals surface area contributed by atoms with E-state index in [4.69, 9.17) is 0 Å². The molecule has 0 saturated heterocycles. The molecule has 18 heavy (non-hydrogen) atoms. The Kier molecular flexibility index (Phi) is 4.23. The van der Waals surface area contributed by atoms with Crippen LogP contribution in [0.15, 0.2) is 36.7 Å². The molecule has 1 aromatic carbocycles. The molecule has 94 valence electrons. The molecule has 0 amide bonds. The zero-order valence-corrected chi connectivity index (χ0v) is 10.4. The molecule has 0 radical (unpaired) electrons. The Morgan fingerprint density at radius 2 is 1.94 bits per heavy atom. The van der Waals surface area contributed by atoms with Crippen LogP contribution in [0.4, 0.5) is 10.2 Å². The third-order valence-corrected chi connectivity index (χ3v) is 2.75. The Morgan fingerprint density at radius 1 is 1.17 bits per heavy atom. The van der Waals surface area contributed by atoms with Crippen molar-refractivity contribution in [1.29, 1.82) is 0 Å². The van der Waals surface area contributed by atoms with Crippen LogP contribution in [0.2, 0.25) is 0 Å². The zero-order valence-electron chi connectivity index (χ0n) is 10.4. The average Bonchev–Trinajstić information content (AvgIpc) is 2.42. The van der Waals surface area contributed by atoms with E-state index in [2.05, 4.69) is 27.4 Å². The quantitative estimate of drug-likeness (QED) is 0.880. The predicted octanol–water partition coefficient (Wildman–Crippen LogP) is 2.83. The number of aryl methyl sites for hydroxylation is 1. The second-order valence-corrected chi connectivity index (χ2v) is 4.00. The van der Waals surface area contributed by atoms with Crippen LogP contribution in [-0.4, -0.2) is 16.5 Å². The van der Waals surface area contributed by atoms with E-state index >= 15 is 0 Å². The number of nitrogens with one attached hydrogen (secondary N) is 1. The molecule has 0 atom stereocenters. The molecule has 0 aliphatic carbocycles. The lowest BCUT2D eigenvalue weighted by Crippen LogP contribution is -2.10. The monoisotopic (exact) mass is 245 g/mol. The number of anilines is 1. The lowest BCUT2D eigenvalue weighted by Gasteiger charge is -2.08. The van der Waals surface area contributed by atoms with Gasteiger partial charge in [0.1, 0.15) is 6.33 Å². The number of rotatable bonds is 5. The summed E-state index contributed by atoms with van der Waals surface area (Å²) in [6, 6.07) is 10.1. The molecule has 3 nitrogen and oxygen atoms in total. The number of nitrogens with zero attached hydrogens (tertiary/aromatic N) is 2. The number of aromatic nitrogens is 2. The fraction of sp³-hybridized carbons (Fsp3) is 0.286. The van der Waals surface area contributed by atoms with E-state index in [0.29, 0.717) is 18.7 Å². The van der Waals surface area contributed by atoms with Crippen molar-refractivity contribution in [2.24, 2.45) is 0 Å². The molecule has 0 saturated carbocycles. The molecular formula is C14H16FN3. The van der Waals surface area contributed by atoms with Crippen LogP contribution in [0.3, 0.4) is 0 Å². The third kappa shape index (κ3) is 3.03. The maximum absolute atomic E-state index is 13.8. The van der Waals surface area contributed by atoms with Crippen LogP contribution in [-0.2, 0) is 12.8 Å². The Bertz CT molecular complexity index is 500. The molecule has 4 heteroatoms. The van der Waals surface area contributed by atoms with E-state index in [9.17, 15) is 4.39 Å². The topological polar surface area (TPSA) is 37.8 Å². The molecule has 1 heterocycles. The molecule has 0 aliphatic rings. The van der Waals surface area contributed by atoms with Gasteiger partial charge < -0.3 is 5.32 Å². The van der Waals surface area contributed by atoms with Crippen LogP contribution in [0.1, 0.15) is 18.2 Å². The van der Waals surface area contributed by atoms with E-state index in [1.165, 1.54) is 11.9 Å². The highest BCUT2D eigenvalue weighted by Gasteiger charge is 2.08. The van der Waals surface area contributed by atoms with Crippen LogP contribution < -0.4 is 5.32 Å². The summed E-state index contributed by atoms with van der Waals surface area (Å²) in [5.74, 6) is -0.0501. The van der Waals surface area contributed by atoms with Gasteiger partial charge in [-0.2, -0.15) is 0 Å². The van der Waals surface area contributed by atoms with E-state index in [1.807, 2.05) is 25.1 Å². The predicted molar refractivity (Wildman–Crippen MR) is 70.0 cm³/mol. The first-order chi connectivity index (χ1) is 8.81. The number of hydrogen-bond donors (Lipinski definition) is 1. The van der Waals surface area contributed by atoms with Gasteiger partial charge in [-0.05, 0) is 18.4 Å². The summed E-state index contributed by atoms with van der Waals surface area (Å²) in [4.78, 5) is 7.82. The van der Waals surface area contributed by atoms with Gasteiger partial charge in [-0.15, -0.1) is 0 Å². The van der Waals surface area contributed by atoms with Crippen molar-refractivity contribution in [3.05, 3.63) is 53.7 Å². The van der Waals surface area contributed by atoms with Crippen LogP contribution in [0.25, 0.3) is 0 Å². The Morgan fingerprint density at radius 3 is 2.67 bits per heavy atom. The molecule has 0 aliphatic heterocycles. The minimum atomic E-state index is -0.340. The summed E-state index contributed by atoms with van der Waals surface area (Å²) in [6.07, 6.45) is 2.81. The van der Waals surface area contributed by atoms with Crippen LogP contribution in [0, 0.1) is 5.82 Å². The van der Waals surface area contributed by atoms with Crippen molar-refractivity contribution in [3.8, 4) is 0 Å². The summed E-state index contributed by atoms with van der Waals surface area (Å²) in [7, 11) is 0. The van der Waals surface area contributed by atoms with Gasteiger partial charge >= 0.3 is 0 Å². The van der Waals surface area contributed by atoms with E-state index in [-0.39, 0.29) is 11.6 Å².